The predicted molar refractivity (Wildman–Crippen MR) is 70.4 cm³/mol. The maximum Gasteiger partial charge on any atom is 0.330 e. The van der Waals surface area contributed by atoms with Gasteiger partial charge < -0.3 is 10.4 Å². The second-order valence-electron chi connectivity index (χ2n) is 5.77. The van der Waals surface area contributed by atoms with Gasteiger partial charge in [0.2, 0.25) is 0 Å². The van der Waals surface area contributed by atoms with Crippen LogP contribution in [0.1, 0.15) is 46.0 Å². The first-order valence-corrected chi connectivity index (χ1v) is 7.07. The predicted octanol–water partition coefficient (Wildman–Crippen LogP) is 1.33. The van der Waals surface area contributed by atoms with E-state index in [2.05, 4.69) is 24.6 Å². The Hall–Kier alpha value is -1.30. The second-order valence-corrected chi connectivity index (χ2v) is 5.77. The maximum absolute atomic E-state index is 11.9. The number of carboxylic acids is 1. The van der Waals surface area contributed by atoms with Crippen LogP contribution in [-0.4, -0.2) is 40.2 Å². The van der Waals surface area contributed by atoms with Gasteiger partial charge in [0.15, 0.2) is 0 Å². The van der Waals surface area contributed by atoms with Crippen molar-refractivity contribution in [3.8, 4) is 0 Å². The molecule has 0 radical (unpaired) electrons. The summed E-state index contributed by atoms with van der Waals surface area (Å²) in [6.45, 7) is 4.15. The fraction of sp³-hybridized carbons (Fsp3) is 0.846. The molecule has 0 aromatic heterocycles. The van der Waals surface area contributed by atoms with E-state index in [9.17, 15) is 9.59 Å². The van der Waals surface area contributed by atoms with Gasteiger partial charge in [-0.2, -0.15) is 0 Å². The smallest absolute Gasteiger partial charge is 0.330 e. The Morgan fingerprint density at radius 2 is 1.74 bits per heavy atom. The van der Waals surface area contributed by atoms with Crippen LogP contribution in [0, 0.1) is 5.92 Å². The Labute approximate surface area is 113 Å². The van der Waals surface area contributed by atoms with Crippen molar-refractivity contribution in [3.05, 3.63) is 0 Å². The fourth-order valence-corrected chi connectivity index (χ4v) is 2.74. The first kappa shape index (κ1) is 14.1. The van der Waals surface area contributed by atoms with E-state index in [1.54, 1.807) is 0 Å². The Morgan fingerprint density at radius 1 is 1.16 bits per heavy atom. The van der Waals surface area contributed by atoms with Crippen LogP contribution in [0.2, 0.25) is 0 Å². The molecule has 2 rings (SSSR count). The largest absolute Gasteiger partial charge is 0.480 e. The third-order valence-electron chi connectivity index (χ3n) is 4.07. The molecule has 1 saturated heterocycles. The number of carbonyl (C=O) groups is 2. The highest BCUT2D eigenvalue weighted by atomic mass is 16.4. The highest BCUT2D eigenvalue weighted by Gasteiger charge is 2.38. The summed E-state index contributed by atoms with van der Waals surface area (Å²) in [5, 5.41) is 13.6. The summed E-state index contributed by atoms with van der Waals surface area (Å²) < 4.78 is 0. The van der Waals surface area contributed by atoms with E-state index in [1.165, 1.54) is 6.42 Å². The number of piperidine rings is 1. The Balaban J connectivity index is 1.87. The molecule has 0 spiro atoms. The summed E-state index contributed by atoms with van der Waals surface area (Å²) in [6.07, 6.45) is 5.04. The molecule has 2 aliphatic rings. The molecular weight excluding hydrogens is 246 g/mol. The van der Waals surface area contributed by atoms with Crippen LogP contribution in [0.5, 0.6) is 0 Å². The molecule has 0 bridgehead atoms. The molecule has 1 aliphatic carbocycles. The van der Waals surface area contributed by atoms with E-state index < -0.39 is 18.0 Å². The SMILES string of the molecule is CC1CCCC(C)N1NC(=O)NC(C(=O)O)C1CC1. The molecule has 3 atom stereocenters. The zero-order valence-corrected chi connectivity index (χ0v) is 11.6. The van der Waals surface area contributed by atoms with E-state index in [0.717, 1.165) is 25.7 Å². The Morgan fingerprint density at radius 3 is 2.21 bits per heavy atom. The van der Waals surface area contributed by atoms with Crippen molar-refractivity contribution >= 4 is 12.0 Å². The fourth-order valence-electron chi connectivity index (χ4n) is 2.74. The van der Waals surface area contributed by atoms with Crippen molar-refractivity contribution in [1.82, 2.24) is 15.8 Å². The number of amides is 2. The van der Waals surface area contributed by atoms with Crippen molar-refractivity contribution in [2.45, 2.75) is 64.1 Å². The summed E-state index contributed by atoms with van der Waals surface area (Å²) in [6, 6.07) is -0.576. The quantitative estimate of drug-likeness (QED) is 0.719. The number of rotatable bonds is 4. The maximum atomic E-state index is 11.9. The molecule has 0 aromatic carbocycles. The first-order valence-electron chi connectivity index (χ1n) is 7.07. The van der Waals surface area contributed by atoms with Gasteiger partial charge in [-0.05, 0) is 45.4 Å². The van der Waals surface area contributed by atoms with E-state index in [-0.39, 0.29) is 5.92 Å². The van der Waals surface area contributed by atoms with Crippen LogP contribution < -0.4 is 10.7 Å². The van der Waals surface area contributed by atoms with E-state index in [0.29, 0.717) is 12.1 Å². The van der Waals surface area contributed by atoms with Crippen LogP contribution in [0.3, 0.4) is 0 Å². The Bertz CT molecular complexity index is 347. The monoisotopic (exact) mass is 269 g/mol. The third-order valence-corrected chi connectivity index (χ3v) is 4.07. The van der Waals surface area contributed by atoms with Crippen LogP contribution >= 0.6 is 0 Å². The van der Waals surface area contributed by atoms with Crippen LogP contribution in [0.15, 0.2) is 0 Å². The second kappa shape index (κ2) is 5.77. The molecule has 0 aromatic rings. The molecule has 1 aliphatic heterocycles. The summed E-state index contributed by atoms with van der Waals surface area (Å²) in [7, 11) is 0. The number of hydrogen-bond acceptors (Lipinski definition) is 3. The standard InChI is InChI=1S/C13H23N3O3/c1-8-4-3-5-9(2)16(8)15-13(19)14-11(12(17)18)10-6-7-10/h8-11H,3-7H2,1-2H3,(H,17,18)(H2,14,15,19). The number of urea groups is 1. The van der Waals surface area contributed by atoms with Gasteiger partial charge in [0, 0.05) is 12.1 Å². The van der Waals surface area contributed by atoms with E-state index in [4.69, 9.17) is 5.11 Å². The zero-order valence-electron chi connectivity index (χ0n) is 11.6. The number of nitrogens with zero attached hydrogens (tertiary/aromatic N) is 1. The molecular formula is C13H23N3O3. The van der Waals surface area contributed by atoms with Crippen molar-refractivity contribution in [2.24, 2.45) is 5.92 Å². The number of carboxylic acid groups (broad SMARTS) is 1. The molecule has 6 heteroatoms. The van der Waals surface area contributed by atoms with Gasteiger partial charge in [-0.1, -0.05) is 6.42 Å². The summed E-state index contributed by atoms with van der Waals surface area (Å²) in [5.41, 5.74) is 2.81. The number of hydrazine groups is 1. The minimum atomic E-state index is -0.947. The van der Waals surface area contributed by atoms with Gasteiger partial charge in [0.1, 0.15) is 6.04 Å². The van der Waals surface area contributed by atoms with Crippen molar-refractivity contribution < 1.29 is 14.7 Å². The van der Waals surface area contributed by atoms with Gasteiger partial charge >= 0.3 is 12.0 Å². The third kappa shape index (κ3) is 3.59. The van der Waals surface area contributed by atoms with Gasteiger partial charge in [0.05, 0.1) is 0 Å². The molecule has 108 valence electrons. The number of nitrogens with one attached hydrogen (secondary N) is 2. The molecule has 3 unspecified atom stereocenters. The van der Waals surface area contributed by atoms with Crippen molar-refractivity contribution in [2.75, 3.05) is 0 Å². The average molecular weight is 269 g/mol. The lowest BCUT2D eigenvalue weighted by Gasteiger charge is -2.38. The van der Waals surface area contributed by atoms with Crippen molar-refractivity contribution in [1.29, 1.82) is 0 Å². The van der Waals surface area contributed by atoms with Crippen molar-refractivity contribution in [3.63, 3.8) is 0 Å². The van der Waals surface area contributed by atoms with Gasteiger partial charge in [0.25, 0.3) is 0 Å². The number of hydrogen-bond donors (Lipinski definition) is 3. The molecule has 1 saturated carbocycles. The minimum absolute atomic E-state index is 0.0967. The minimum Gasteiger partial charge on any atom is -0.480 e. The topological polar surface area (TPSA) is 81.7 Å². The summed E-state index contributed by atoms with van der Waals surface area (Å²) in [4.78, 5) is 23.0. The van der Waals surface area contributed by atoms with Crippen LogP contribution in [0.4, 0.5) is 4.79 Å². The lowest BCUT2D eigenvalue weighted by Crippen LogP contribution is -2.58. The molecule has 2 fully saturated rings. The zero-order chi connectivity index (χ0) is 14.0. The van der Waals surface area contributed by atoms with E-state index in [1.807, 2.05) is 5.01 Å². The van der Waals surface area contributed by atoms with Crippen LogP contribution in [-0.2, 0) is 4.79 Å². The highest BCUT2D eigenvalue weighted by Crippen LogP contribution is 2.32. The van der Waals surface area contributed by atoms with Gasteiger partial charge in [-0.3, -0.25) is 5.43 Å². The number of carbonyl (C=O) groups excluding carboxylic acids is 1. The van der Waals surface area contributed by atoms with Gasteiger partial charge in [-0.15, -0.1) is 0 Å². The normalized spacial score (nSPS) is 29.6. The average Bonchev–Trinajstić information content (AvgIpc) is 3.15. The molecule has 19 heavy (non-hydrogen) atoms. The summed E-state index contributed by atoms with van der Waals surface area (Å²) >= 11 is 0. The highest BCUT2D eigenvalue weighted by molar-refractivity contribution is 5.82. The lowest BCUT2D eigenvalue weighted by atomic mass is 10.00. The summed E-state index contributed by atoms with van der Waals surface area (Å²) in [5.74, 6) is -0.850. The Kier molecular flexibility index (Phi) is 4.29. The van der Waals surface area contributed by atoms with Crippen LogP contribution in [0.25, 0.3) is 0 Å². The van der Waals surface area contributed by atoms with E-state index >= 15 is 0 Å². The molecule has 3 N–H and O–H groups in total. The first-order chi connectivity index (χ1) is 8.99. The molecule has 6 nitrogen and oxygen atoms in total. The molecule has 1 heterocycles. The number of aliphatic carboxylic acids is 1. The molecule has 2 amide bonds. The lowest BCUT2D eigenvalue weighted by molar-refractivity contribution is -0.139. The van der Waals surface area contributed by atoms with Gasteiger partial charge in [-0.25, -0.2) is 14.6 Å².